The molecular formula is C16H16F3N3O3S. The highest BCUT2D eigenvalue weighted by Crippen LogP contribution is 2.16. The molecule has 26 heavy (non-hydrogen) atoms. The van der Waals surface area contributed by atoms with E-state index in [1.807, 2.05) is 12.3 Å². The summed E-state index contributed by atoms with van der Waals surface area (Å²) in [5.41, 5.74) is 0.990. The fourth-order valence-corrected chi connectivity index (χ4v) is 2.48. The summed E-state index contributed by atoms with van der Waals surface area (Å²) in [5.74, 6) is -1.09. The van der Waals surface area contributed by atoms with Gasteiger partial charge < -0.3 is 15.4 Å². The van der Waals surface area contributed by atoms with Crippen LogP contribution in [0.3, 0.4) is 0 Å². The lowest BCUT2D eigenvalue weighted by Crippen LogP contribution is -2.40. The second kappa shape index (κ2) is 8.65. The van der Waals surface area contributed by atoms with Crippen molar-refractivity contribution in [3.8, 4) is 5.75 Å². The summed E-state index contributed by atoms with van der Waals surface area (Å²) < 4.78 is 41.6. The van der Waals surface area contributed by atoms with Crippen molar-refractivity contribution in [2.75, 3.05) is 13.1 Å². The van der Waals surface area contributed by atoms with Crippen LogP contribution in [0, 0.1) is 6.92 Å². The smallest absolute Gasteiger partial charge is 0.405 e. The fourth-order valence-electron chi connectivity index (χ4n) is 1.88. The predicted molar refractivity (Wildman–Crippen MR) is 89.0 cm³/mol. The number of amides is 2. The van der Waals surface area contributed by atoms with E-state index in [-0.39, 0.29) is 12.2 Å². The van der Waals surface area contributed by atoms with Gasteiger partial charge in [-0.05, 0) is 25.1 Å². The zero-order chi connectivity index (χ0) is 19.2. The maximum atomic E-state index is 12.0. The number of aryl methyl sites for hydroxylation is 1. The minimum atomic E-state index is -4.50. The van der Waals surface area contributed by atoms with E-state index in [1.54, 1.807) is 17.4 Å². The molecule has 0 fully saturated rings. The SMILES string of the molecule is Cc1nc(COc2cccc(C(=O)NCC(=O)NCC(F)(F)F)c2)cs1. The summed E-state index contributed by atoms with van der Waals surface area (Å²) in [5, 5.41) is 6.71. The van der Waals surface area contributed by atoms with E-state index in [2.05, 4.69) is 10.3 Å². The van der Waals surface area contributed by atoms with Gasteiger partial charge in [0.1, 0.15) is 18.9 Å². The number of halogens is 3. The van der Waals surface area contributed by atoms with Gasteiger partial charge in [0, 0.05) is 10.9 Å². The fraction of sp³-hybridized carbons (Fsp3) is 0.312. The third-order valence-corrected chi connectivity index (χ3v) is 3.87. The Morgan fingerprint density at radius 1 is 1.27 bits per heavy atom. The first kappa shape index (κ1) is 19.7. The van der Waals surface area contributed by atoms with E-state index < -0.39 is 31.1 Å². The van der Waals surface area contributed by atoms with Crippen LogP contribution in [0.15, 0.2) is 29.6 Å². The molecule has 6 nitrogen and oxygen atoms in total. The van der Waals surface area contributed by atoms with Gasteiger partial charge in [-0.3, -0.25) is 9.59 Å². The van der Waals surface area contributed by atoms with Gasteiger partial charge in [0.05, 0.1) is 17.2 Å². The van der Waals surface area contributed by atoms with Crippen molar-refractivity contribution in [1.29, 1.82) is 0 Å². The van der Waals surface area contributed by atoms with Crippen molar-refractivity contribution in [2.24, 2.45) is 0 Å². The Hall–Kier alpha value is -2.62. The van der Waals surface area contributed by atoms with Crippen molar-refractivity contribution in [1.82, 2.24) is 15.6 Å². The molecule has 0 aliphatic rings. The summed E-state index contributed by atoms with van der Waals surface area (Å²) in [6.45, 7) is 0.123. The minimum Gasteiger partial charge on any atom is -0.487 e. The summed E-state index contributed by atoms with van der Waals surface area (Å²) in [4.78, 5) is 27.6. The van der Waals surface area contributed by atoms with E-state index in [0.29, 0.717) is 5.75 Å². The molecule has 0 bridgehead atoms. The number of nitrogens with one attached hydrogen (secondary N) is 2. The average molecular weight is 387 g/mol. The molecule has 140 valence electrons. The molecule has 2 N–H and O–H groups in total. The number of alkyl halides is 3. The normalized spacial score (nSPS) is 11.1. The summed E-state index contributed by atoms with van der Waals surface area (Å²) in [6, 6.07) is 6.23. The van der Waals surface area contributed by atoms with Gasteiger partial charge in [0.2, 0.25) is 5.91 Å². The molecule has 0 spiro atoms. The number of hydrogen-bond acceptors (Lipinski definition) is 5. The highest BCUT2D eigenvalue weighted by molar-refractivity contribution is 7.09. The number of carbonyl (C=O) groups excluding carboxylic acids is 2. The number of thiazole rings is 1. The number of ether oxygens (including phenoxy) is 1. The minimum absolute atomic E-state index is 0.223. The van der Waals surface area contributed by atoms with Gasteiger partial charge >= 0.3 is 6.18 Å². The van der Waals surface area contributed by atoms with Crippen molar-refractivity contribution in [3.63, 3.8) is 0 Å². The molecule has 0 radical (unpaired) electrons. The Kier molecular flexibility index (Phi) is 6.56. The molecule has 1 heterocycles. The first-order valence-electron chi connectivity index (χ1n) is 7.48. The molecule has 0 aliphatic carbocycles. The molecule has 2 aromatic rings. The summed E-state index contributed by atoms with van der Waals surface area (Å²) in [6.07, 6.45) is -4.50. The van der Waals surface area contributed by atoms with Crippen LogP contribution in [-0.2, 0) is 11.4 Å². The Bertz CT molecular complexity index is 777. The van der Waals surface area contributed by atoms with Gasteiger partial charge in [-0.25, -0.2) is 4.98 Å². The van der Waals surface area contributed by atoms with Crippen LogP contribution in [0.4, 0.5) is 13.2 Å². The molecule has 0 aliphatic heterocycles. The molecule has 0 saturated heterocycles. The molecule has 0 saturated carbocycles. The number of carbonyl (C=O) groups is 2. The van der Waals surface area contributed by atoms with Crippen molar-refractivity contribution < 1.29 is 27.5 Å². The molecule has 10 heteroatoms. The third kappa shape index (κ3) is 6.71. The molecule has 0 atom stereocenters. The van der Waals surface area contributed by atoms with Gasteiger partial charge in [-0.15, -0.1) is 11.3 Å². The van der Waals surface area contributed by atoms with Gasteiger partial charge in [-0.1, -0.05) is 6.07 Å². The molecule has 1 aromatic heterocycles. The quantitative estimate of drug-likeness (QED) is 0.765. The van der Waals surface area contributed by atoms with E-state index in [4.69, 9.17) is 4.74 Å². The van der Waals surface area contributed by atoms with Crippen molar-refractivity contribution >= 4 is 23.2 Å². The van der Waals surface area contributed by atoms with Crippen LogP contribution in [0.1, 0.15) is 21.1 Å². The van der Waals surface area contributed by atoms with Gasteiger partial charge in [0.15, 0.2) is 0 Å². The Morgan fingerprint density at radius 2 is 2.04 bits per heavy atom. The largest absolute Gasteiger partial charge is 0.487 e. The molecule has 0 unspecified atom stereocenters. The molecule has 2 rings (SSSR count). The highest BCUT2D eigenvalue weighted by atomic mass is 32.1. The van der Waals surface area contributed by atoms with E-state index in [1.165, 1.54) is 23.5 Å². The lowest BCUT2D eigenvalue weighted by atomic mass is 10.2. The average Bonchev–Trinajstić information content (AvgIpc) is 3.01. The molecular weight excluding hydrogens is 371 g/mol. The maximum absolute atomic E-state index is 12.0. The molecule has 2 amide bonds. The van der Waals surface area contributed by atoms with Gasteiger partial charge in [0.25, 0.3) is 5.91 Å². The number of aromatic nitrogens is 1. The van der Waals surface area contributed by atoms with Crippen LogP contribution < -0.4 is 15.4 Å². The second-order valence-corrected chi connectivity index (χ2v) is 6.31. The maximum Gasteiger partial charge on any atom is 0.405 e. The van der Waals surface area contributed by atoms with Gasteiger partial charge in [-0.2, -0.15) is 13.2 Å². The van der Waals surface area contributed by atoms with Crippen LogP contribution in [0.25, 0.3) is 0 Å². The Balaban J connectivity index is 1.84. The van der Waals surface area contributed by atoms with Crippen molar-refractivity contribution in [3.05, 3.63) is 45.9 Å². The standard InChI is InChI=1S/C16H16F3N3O3S/c1-10-22-12(8-26-10)7-25-13-4-2-3-11(5-13)15(24)20-6-14(23)21-9-16(17,18)19/h2-5,8H,6-7,9H2,1H3,(H,20,24)(H,21,23). The zero-order valence-electron chi connectivity index (χ0n) is 13.7. The first-order valence-corrected chi connectivity index (χ1v) is 8.36. The third-order valence-electron chi connectivity index (χ3n) is 3.05. The van der Waals surface area contributed by atoms with E-state index >= 15 is 0 Å². The van der Waals surface area contributed by atoms with Crippen LogP contribution in [0.5, 0.6) is 5.75 Å². The zero-order valence-corrected chi connectivity index (χ0v) is 14.5. The van der Waals surface area contributed by atoms with E-state index in [0.717, 1.165) is 10.7 Å². The Labute approximate surface area is 151 Å². The monoisotopic (exact) mass is 387 g/mol. The van der Waals surface area contributed by atoms with Crippen LogP contribution >= 0.6 is 11.3 Å². The highest BCUT2D eigenvalue weighted by Gasteiger charge is 2.27. The number of hydrogen-bond donors (Lipinski definition) is 2. The Morgan fingerprint density at radius 3 is 2.69 bits per heavy atom. The van der Waals surface area contributed by atoms with Crippen molar-refractivity contribution in [2.45, 2.75) is 19.7 Å². The predicted octanol–water partition coefficient (Wildman–Crippen LogP) is 2.44. The lowest BCUT2D eigenvalue weighted by molar-refractivity contribution is -0.137. The topological polar surface area (TPSA) is 80.3 Å². The van der Waals surface area contributed by atoms with Crippen LogP contribution in [0.2, 0.25) is 0 Å². The lowest BCUT2D eigenvalue weighted by Gasteiger charge is -2.10. The summed E-state index contributed by atoms with van der Waals surface area (Å²) >= 11 is 1.50. The summed E-state index contributed by atoms with van der Waals surface area (Å²) in [7, 11) is 0. The number of rotatable bonds is 7. The number of nitrogens with zero attached hydrogens (tertiary/aromatic N) is 1. The van der Waals surface area contributed by atoms with E-state index in [9.17, 15) is 22.8 Å². The molecule has 1 aromatic carbocycles. The number of benzene rings is 1. The second-order valence-electron chi connectivity index (χ2n) is 5.25. The first-order chi connectivity index (χ1) is 12.2. The van der Waals surface area contributed by atoms with Crippen LogP contribution in [-0.4, -0.2) is 36.1 Å².